The minimum absolute atomic E-state index is 0.0308. The number of non-ortho nitro benzene ring substituents is 1. The lowest BCUT2D eigenvalue weighted by Gasteiger charge is -2.11. The predicted molar refractivity (Wildman–Crippen MR) is 98.0 cm³/mol. The number of nitrogens with zero attached hydrogens (tertiary/aromatic N) is 1. The second kappa shape index (κ2) is 7.71. The van der Waals surface area contributed by atoms with Crippen LogP contribution >= 0.6 is 11.6 Å². The number of hydrogen-bond acceptors (Lipinski definition) is 5. The largest absolute Gasteiger partial charge is 0.350 e. The minimum Gasteiger partial charge on any atom is -0.350 e. The van der Waals surface area contributed by atoms with Crippen LogP contribution in [-0.4, -0.2) is 25.3 Å². The van der Waals surface area contributed by atoms with Gasteiger partial charge in [0.2, 0.25) is 0 Å². The fourth-order valence-corrected chi connectivity index (χ4v) is 3.64. The van der Waals surface area contributed by atoms with Crippen molar-refractivity contribution >= 4 is 38.9 Å². The Morgan fingerprint density at radius 3 is 2.31 bits per heavy atom. The van der Waals surface area contributed by atoms with Crippen molar-refractivity contribution < 1.29 is 18.1 Å². The van der Waals surface area contributed by atoms with Gasteiger partial charge in [0.1, 0.15) is 4.90 Å². The first-order valence-corrected chi connectivity index (χ1v) is 9.34. The standard InChI is InChI=1S/C16H16ClN3O5S/c1-10(2)18-16(21)11-3-5-12(6-4-11)19-26(24,25)15-9-13(20(22)23)7-8-14(15)17/h3-10,19H,1-2H3,(H,18,21). The highest BCUT2D eigenvalue weighted by molar-refractivity contribution is 7.92. The summed E-state index contributed by atoms with van der Waals surface area (Å²) in [5.41, 5.74) is 0.166. The van der Waals surface area contributed by atoms with Gasteiger partial charge in [0.05, 0.1) is 9.95 Å². The van der Waals surface area contributed by atoms with E-state index in [4.69, 9.17) is 11.6 Å². The Labute approximate surface area is 155 Å². The summed E-state index contributed by atoms with van der Waals surface area (Å²) in [6.45, 7) is 3.65. The fraction of sp³-hybridized carbons (Fsp3) is 0.188. The van der Waals surface area contributed by atoms with E-state index >= 15 is 0 Å². The van der Waals surface area contributed by atoms with E-state index in [0.717, 1.165) is 18.2 Å². The second-order valence-electron chi connectivity index (χ2n) is 5.68. The van der Waals surface area contributed by atoms with E-state index in [0.29, 0.717) is 5.56 Å². The molecule has 0 aliphatic rings. The van der Waals surface area contributed by atoms with E-state index in [9.17, 15) is 23.3 Å². The molecule has 2 aromatic rings. The Hall–Kier alpha value is -2.65. The zero-order valence-electron chi connectivity index (χ0n) is 13.9. The molecule has 0 spiro atoms. The second-order valence-corrected chi connectivity index (χ2v) is 7.74. The molecule has 0 atom stereocenters. The van der Waals surface area contributed by atoms with Crippen LogP contribution in [0.4, 0.5) is 11.4 Å². The molecule has 0 radical (unpaired) electrons. The van der Waals surface area contributed by atoms with Crippen LogP contribution in [0, 0.1) is 10.1 Å². The third kappa shape index (κ3) is 4.70. The first-order valence-electron chi connectivity index (χ1n) is 7.48. The van der Waals surface area contributed by atoms with Crippen LogP contribution in [0.25, 0.3) is 0 Å². The Kier molecular flexibility index (Phi) is 5.83. The summed E-state index contributed by atoms with van der Waals surface area (Å²) in [5.74, 6) is -0.281. The zero-order chi connectivity index (χ0) is 19.5. The van der Waals surface area contributed by atoms with Crippen LogP contribution in [0.1, 0.15) is 24.2 Å². The van der Waals surface area contributed by atoms with Gasteiger partial charge < -0.3 is 5.32 Å². The number of carbonyl (C=O) groups excluding carboxylic acids is 1. The van der Waals surface area contributed by atoms with Gasteiger partial charge in [-0.2, -0.15) is 0 Å². The van der Waals surface area contributed by atoms with Gasteiger partial charge in [-0.3, -0.25) is 19.6 Å². The summed E-state index contributed by atoms with van der Waals surface area (Å²) in [6, 6.07) is 8.87. The number of nitro benzene ring substituents is 1. The van der Waals surface area contributed by atoms with Crippen molar-refractivity contribution in [1.82, 2.24) is 5.32 Å². The number of carbonyl (C=O) groups is 1. The molecular formula is C16H16ClN3O5S. The molecule has 8 nitrogen and oxygen atoms in total. The molecule has 0 aliphatic heterocycles. The van der Waals surface area contributed by atoms with Crippen LogP contribution in [0.2, 0.25) is 5.02 Å². The van der Waals surface area contributed by atoms with E-state index in [-0.39, 0.29) is 22.7 Å². The third-order valence-corrected chi connectivity index (χ3v) is 5.10. The molecule has 2 N–H and O–H groups in total. The predicted octanol–water partition coefficient (Wildman–Crippen LogP) is 3.19. The van der Waals surface area contributed by atoms with Gasteiger partial charge in [0, 0.05) is 29.4 Å². The Balaban J connectivity index is 2.26. The first kappa shape index (κ1) is 19.7. The molecule has 2 aromatic carbocycles. The summed E-state index contributed by atoms with van der Waals surface area (Å²) in [6.07, 6.45) is 0. The third-order valence-electron chi connectivity index (χ3n) is 3.23. The Morgan fingerprint density at radius 1 is 1.15 bits per heavy atom. The quantitative estimate of drug-likeness (QED) is 0.573. The first-order chi connectivity index (χ1) is 12.1. The van der Waals surface area contributed by atoms with Crippen molar-refractivity contribution in [2.75, 3.05) is 4.72 Å². The zero-order valence-corrected chi connectivity index (χ0v) is 15.5. The molecule has 2 rings (SSSR count). The summed E-state index contributed by atoms with van der Waals surface area (Å²) in [5, 5.41) is 13.4. The molecule has 0 saturated heterocycles. The van der Waals surface area contributed by atoms with Gasteiger partial charge in [-0.15, -0.1) is 0 Å². The molecule has 0 aliphatic carbocycles. The van der Waals surface area contributed by atoms with Crippen molar-refractivity contribution in [3.05, 3.63) is 63.2 Å². The van der Waals surface area contributed by atoms with Gasteiger partial charge in [-0.1, -0.05) is 11.6 Å². The molecule has 138 valence electrons. The van der Waals surface area contributed by atoms with E-state index in [2.05, 4.69) is 10.0 Å². The van der Waals surface area contributed by atoms with E-state index < -0.39 is 25.5 Å². The number of nitro groups is 1. The number of rotatable bonds is 6. The van der Waals surface area contributed by atoms with Crippen LogP contribution in [0.15, 0.2) is 47.4 Å². The highest BCUT2D eigenvalue weighted by atomic mass is 35.5. The Bertz CT molecular complexity index is 943. The van der Waals surface area contributed by atoms with E-state index in [1.54, 1.807) is 0 Å². The minimum atomic E-state index is -4.14. The van der Waals surface area contributed by atoms with Gasteiger partial charge in [-0.05, 0) is 44.2 Å². The summed E-state index contributed by atoms with van der Waals surface area (Å²) >= 11 is 5.87. The maximum atomic E-state index is 12.5. The number of benzene rings is 2. The molecule has 0 bridgehead atoms. The molecule has 0 saturated carbocycles. The monoisotopic (exact) mass is 397 g/mol. The van der Waals surface area contributed by atoms with Crippen molar-refractivity contribution in [1.29, 1.82) is 0 Å². The van der Waals surface area contributed by atoms with Crippen molar-refractivity contribution in [2.24, 2.45) is 0 Å². The number of halogens is 1. The van der Waals surface area contributed by atoms with Crippen molar-refractivity contribution in [2.45, 2.75) is 24.8 Å². The van der Waals surface area contributed by atoms with Crippen molar-refractivity contribution in [3.8, 4) is 0 Å². The van der Waals surface area contributed by atoms with Gasteiger partial charge >= 0.3 is 0 Å². The van der Waals surface area contributed by atoms with Crippen LogP contribution in [0.5, 0.6) is 0 Å². The molecule has 0 aromatic heterocycles. The number of nitrogens with one attached hydrogen (secondary N) is 2. The number of sulfonamides is 1. The van der Waals surface area contributed by atoms with Crippen LogP contribution in [0.3, 0.4) is 0 Å². The lowest BCUT2D eigenvalue weighted by Crippen LogP contribution is -2.30. The number of amides is 1. The maximum absolute atomic E-state index is 12.5. The Morgan fingerprint density at radius 2 is 1.77 bits per heavy atom. The van der Waals surface area contributed by atoms with Gasteiger partial charge in [0.15, 0.2) is 0 Å². The normalized spacial score (nSPS) is 11.2. The lowest BCUT2D eigenvalue weighted by molar-refractivity contribution is -0.385. The highest BCUT2D eigenvalue weighted by Crippen LogP contribution is 2.27. The van der Waals surface area contributed by atoms with Crippen LogP contribution < -0.4 is 10.0 Å². The summed E-state index contributed by atoms with van der Waals surface area (Å²) in [7, 11) is -4.14. The summed E-state index contributed by atoms with van der Waals surface area (Å²) in [4.78, 5) is 21.6. The van der Waals surface area contributed by atoms with E-state index in [1.807, 2.05) is 13.8 Å². The maximum Gasteiger partial charge on any atom is 0.270 e. The highest BCUT2D eigenvalue weighted by Gasteiger charge is 2.22. The van der Waals surface area contributed by atoms with Crippen molar-refractivity contribution in [3.63, 3.8) is 0 Å². The molecule has 0 fully saturated rings. The fourth-order valence-electron chi connectivity index (χ4n) is 2.06. The van der Waals surface area contributed by atoms with Gasteiger partial charge in [0.25, 0.3) is 21.6 Å². The smallest absolute Gasteiger partial charge is 0.270 e. The topological polar surface area (TPSA) is 118 Å². The number of anilines is 1. The number of hydrogen-bond donors (Lipinski definition) is 2. The molecule has 10 heteroatoms. The van der Waals surface area contributed by atoms with E-state index in [1.165, 1.54) is 24.3 Å². The molecule has 0 heterocycles. The average molecular weight is 398 g/mol. The summed E-state index contributed by atoms with van der Waals surface area (Å²) < 4.78 is 27.2. The molecule has 1 amide bonds. The molecule has 0 unspecified atom stereocenters. The molecular weight excluding hydrogens is 382 g/mol. The lowest BCUT2D eigenvalue weighted by atomic mass is 10.2. The molecule has 26 heavy (non-hydrogen) atoms. The van der Waals surface area contributed by atoms with Gasteiger partial charge in [-0.25, -0.2) is 8.42 Å². The van der Waals surface area contributed by atoms with Crippen LogP contribution in [-0.2, 0) is 10.0 Å². The SMILES string of the molecule is CC(C)NC(=O)c1ccc(NS(=O)(=O)c2cc([N+](=O)[O-])ccc2Cl)cc1. The average Bonchev–Trinajstić information content (AvgIpc) is 2.54.